The molecule has 3 fully saturated rings. The van der Waals surface area contributed by atoms with Gasteiger partial charge in [0.25, 0.3) is 0 Å². The van der Waals surface area contributed by atoms with Crippen LogP contribution < -0.4 is 5.32 Å². The van der Waals surface area contributed by atoms with Crippen molar-refractivity contribution in [1.29, 1.82) is 0 Å². The Morgan fingerprint density at radius 2 is 2.23 bits per heavy atom. The van der Waals surface area contributed by atoms with Crippen molar-refractivity contribution in [3.63, 3.8) is 0 Å². The molecule has 5 rings (SSSR count). The zero-order valence-electron chi connectivity index (χ0n) is 12.9. The van der Waals surface area contributed by atoms with Gasteiger partial charge in [0.05, 0.1) is 5.52 Å². The van der Waals surface area contributed by atoms with Gasteiger partial charge in [-0.15, -0.1) is 0 Å². The smallest absolute Gasteiger partial charge is 0.0737 e. The number of rotatable bonds is 3. The van der Waals surface area contributed by atoms with Gasteiger partial charge in [-0.3, -0.25) is 4.98 Å². The maximum absolute atomic E-state index is 6.06. The largest absolute Gasteiger partial charge is 0.384 e. The summed E-state index contributed by atoms with van der Waals surface area (Å²) in [4.78, 5) is 6.98. The molecule has 0 amide bonds. The summed E-state index contributed by atoms with van der Waals surface area (Å²) in [6.07, 6.45) is 6.01. The standard InChI is InChI=1S/C18H22ClN3/c1-22-11-12-2-5-18(22)13(8-12)10-21-16-6-7-20-17-9-14(19)3-4-15(16)17/h3-4,6-7,9,12-13,18H,2,5,8,10-11H2,1H3,(H,20,21). The van der Waals surface area contributed by atoms with Gasteiger partial charge in [0.15, 0.2) is 0 Å². The summed E-state index contributed by atoms with van der Waals surface area (Å²) in [6.45, 7) is 2.34. The molecule has 2 aliphatic heterocycles. The lowest BCUT2D eigenvalue weighted by molar-refractivity contribution is 0.0256. The van der Waals surface area contributed by atoms with E-state index in [1.807, 2.05) is 18.3 Å². The topological polar surface area (TPSA) is 28.2 Å². The molecule has 3 nitrogen and oxygen atoms in total. The highest BCUT2D eigenvalue weighted by atomic mass is 35.5. The minimum atomic E-state index is 0.739. The normalized spacial score (nSPS) is 28.2. The number of halogens is 1. The number of anilines is 1. The fourth-order valence-corrected chi connectivity index (χ4v) is 4.54. The average molecular weight is 316 g/mol. The lowest BCUT2D eigenvalue weighted by Gasteiger charge is -2.48. The second-order valence-corrected chi connectivity index (χ2v) is 7.28. The van der Waals surface area contributed by atoms with Gasteiger partial charge in [-0.25, -0.2) is 0 Å². The lowest BCUT2D eigenvalue weighted by Crippen LogP contribution is -2.52. The van der Waals surface area contributed by atoms with Crippen LogP contribution in [0.1, 0.15) is 19.3 Å². The summed E-state index contributed by atoms with van der Waals surface area (Å²) < 4.78 is 0. The number of nitrogens with zero attached hydrogens (tertiary/aromatic N) is 2. The van der Waals surface area contributed by atoms with Gasteiger partial charge in [-0.05, 0) is 62.4 Å². The van der Waals surface area contributed by atoms with E-state index < -0.39 is 0 Å². The molecule has 1 aromatic carbocycles. The van der Waals surface area contributed by atoms with Crippen LogP contribution in [0.2, 0.25) is 5.02 Å². The summed E-state index contributed by atoms with van der Waals surface area (Å²) in [6, 6.07) is 8.75. The zero-order valence-corrected chi connectivity index (χ0v) is 13.7. The Morgan fingerprint density at radius 1 is 1.32 bits per heavy atom. The van der Waals surface area contributed by atoms with E-state index in [4.69, 9.17) is 11.6 Å². The average Bonchev–Trinajstić information content (AvgIpc) is 2.52. The minimum Gasteiger partial charge on any atom is -0.384 e. The Balaban J connectivity index is 1.52. The van der Waals surface area contributed by atoms with E-state index in [-0.39, 0.29) is 0 Å². The molecule has 22 heavy (non-hydrogen) atoms. The molecule has 0 spiro atoms. The molecule has 3 heterocycles. The quantitative estimate of drug-likeness (QED) is 0.927. The van der Waals surface area contributed by atoms with Crippen LogP contribution in [0.15, 0.2) is 30.5 Å². The molecule has 1 aromatic heterocycles. The van der Waals surface area contributed by atoms with Gasteiger partial charge in [-0.2, -0.15) is 0 Å². The zero-order chi connectivity index (χ0) is 15.1. The number of pyridine rings is 1. The second-order valence-electron chi connectivity index (χ2n) is 6.85. The third-order valence-electron chi connectivity index (χ3n) is 5.42. The molecular weight excluding hydrogens is 294 g/mol. The van der Waals surface area contributed by atoms with Crippen LogP contribution >= 0.6 is 11.6 Å². The van der Waals surface area contributed by atoms with Crippen molar-refractivity contribution in [2.45, 2.75) is 25.3 Å². The van der Waals surface area contributed by atoms with E-state index in [2.05, 4.69) is 34.4 Å². The SMILES string of the molecule is CN1CC2CCC1C(CNc1ccnc3cc(Cl)ccc13)C2. The summed E-state index contributed by atoms with van der Waals surface area (Å²) in [5.41, 5.74) is 2.13. The van der Waals surface area contributed by atoms with Crippen LogP contribution in [0.3, 0.4) is 0 Å². The molecule has 2 saturated heterocycles. The maximum atomic E-state index is 6.06. The number of piperidine rings is 2. The number of nitrogens with one attached hydrogen (secondary N) is 1. The van der Waals surface area contributed by atoms with Gasteiger partial charge in [0, 0.05) is 41.4 Å². The van der Waals surface area contributed by atoms with E-state index in [1.165, 1.54) is 31.5 Å². The number of hydrogen-bond acceptors (Lipinski definition) is 3. The summed E-state index contributed by atoms with van der Waals surface area (Å²) >= 11 is 6.06. The molecule has 1 N–H and O–H groups in total. The van der Waals surface area contributed by atoms with Crippen molar-refractivity contribution in [1.82, 2.24) is 9.88 Å². The van der Waals surface area contributed by atoms with Crippen LogP contribution in [0.4, 0.5) is 5.69 Å². The van der Waals surface area contributed by atoms with Gasteiger partial charge in [0.2, 0.25) is 0 Å². The van der Waals surface area contributed by atoms with Gasteiger partial charge in [-0.1, -0.05) is 11.6 Å². The third-order valence-corrected chi connectivity index (χ3v) is 5.66. The first-order valence-electron chi connectivity index (χ1n) is 8.19. The summed E-state index contributed by atoms with van der Waals surface area (Å²) in [5, 5.41) is 5.57. The van der Waals surface area contributed by atoms with E-state index >= 15 is 0 Å². The van der Waals surface area contributed by atoms with Crippen molar-refractivity contribution in [3.05, 3.63) is 35.5 Å². The molecule has 3 unspecified atom stereocenters. The van der Waals surface area contributed by atoms with E-state index in [1.54, 1.807) is 0 Å². The van der Waals surface area contributed by atoms with Crippen molar-refractivity contribution >= 4 is 28.2 Å². The van der Waals surface area contributed by atoms with Gasteiger partial charge >= 0.3 is 0 Å². The Labute approximate surface area is 136 Å². The number of fused-ring (bicyclic) bond motifs is 4. The molecule has 116 valence electrons. The first-order valence-corrected chi connectivity index (χ1v) is 8.57. The van der Waals surface area contributed by atoms with Crippen molar-refractivity contribution in [2.24, 2.45) is 11.8 Å². The molecule has 0 radical (unpaired) electrons. The molecule has 1 saturated carbocycles. The maximum Gasteiger partial charge on any atom is 0.0737 e. The van der Waals surface area contributed by atoms with Gasteiger partial charge in [0.1, 0.15) is 0 Å². The highest BCUT2D eigenvalue weighted by Crippen LogP contribution is 2.38. The lowest BCUT2D eigenvalue weighted by atomic mass is 9.73. The monoisotopic (exact) mass is 315 g/mol. The Hall–Kier alpha value is -1.32. The first kappa shape index (κ1) is 14.3. The molecule has 1 aliphatic carbocycles. The summed E-state index contributed by atoms with van der Waals surface area (Å²) in [5.74, 6) is 1.66. The molecule has 3 atom stereocenters. The highest BCUT2D eigenvalue weighted by Gasteiger charge is 2.38. The highest BCUT2D eigenvalue weighted by molar-refractivity contribution is 6.31. The Bertz CT molecular complexity index is 687. The van der Waals surface area contributed by atoms with Crippen LogP contribution in [0.25, 0.3) is 10.9 Å². The first-order chi connectivity index (χ1) is 10.7. The van der Waals surface area contributed by atoms with Crippen LogP contribution in [0, 0.1) is 11.8 Å². The Kier molecular flexibility index (Phi) is 3.71. The Morgan fingerprint density at radius 3 is 3.05 bits per heavy atom. The fourth-order valence-electron chi connectivity index (χ4n) is 4.37. The van der Waals surface area contributed by atoms with Crippen molar-refractivity contribution in [2.75, 3.05) is 25.5 Å². The van der Waals surface area contributed by atoms with E-state index in [0.717, 1.165) is 40.3 Å². The number of hydrogen-bond donors (Lipinski definition) is 1. The molecule has 2 aromatic rings. The summed E-state index contributed by atoms with van der Waals surface area (Å²) in [7, 11) is 2.28. The predicted octanol–water partition coefficient (Wildman–Crippen LogP) is 4.03. The van der Waals surface area contributed by atoms with Crippen LogP contribution in [0.5, 0.6) is 0 Å². The predicted molar refractivity (Wildman–Crippen MR) is 92.5 cm³/mol. The van der Waals surface area contributed by atoms with Crippen LogP contribution in [-0.4, -0.2) is 36.1 Å². The second kappa shape index (κ2) is 5.71. The van der Waals surface area contributed by atoms with Gasteiger partial charge < -0.3 is 10.2 Å². The third kappa shape index (κ3) is 2.57. The molecular formula is C18H22ClN3. The van der Waals surface area contributed by atoms with E-state index in [0.29, 0.717) is 0 Å². The van der Waals surface area contributed by atoms with Crippen LogP contribution in [-0.2, 0) is 0 Å². The molecule has 2 bridgehead atoms. The number of benzene rings is 1. The fraction of sp³-hybridized carbons (Fsp3) is 0.500. The minimum absolute atomic E-state index is 0.739. The number of aromatic nitrogens is 1. The molecule has 4 heteroatoms. The van der Waals surface area contributed by atoms with Crippen molar-refractivity contribution < 1.29 is 0 Å². The van der Waals surface area contributed by atoms with Crippen molar-refractivity contribution in [3.8, 4) is 0 Å². The van der Waals surface area contributed by atoms with E-state index in [9.17, 15) is 0 Å². The molecule has 3 aliphatic rings.